The van der Waals surface area contributed by atoms with E-state index in [0.717, 1.165) is 0 Å². The van der Waals surface area contributed by atoms with Crippen molar-refractivity contribution in [1.82, 2.24) is 9.82 Å². The van der Waals surface area contributed by atoms with Crippen LogP contribution in [0.3, 0.4) is 0 Å². The standard InChI is InChI=1S/C16H16ClN3O4S2/c1-2-25(21,22)19-20(26(23,24)12-7-4-3-5-8-12)15-10-6-9-14-16(15)13(17)11-18-14/h3-11,18-19H,2H2,1H3. The van der Waals surface area contributed by atoms with Crippen LogP contribution in [0, 0.1) is 0 Å². The molecule has 3 aromatic rings. The van der Waals surface area contributed by atoms with Crippen molar-refractivity contribution in [2.45, 2.75) is 11.8 Å². The topological polar surface area (TPSA) is 99.3 Å². The van der Waals surface area contributed by atoms with E-state index in [4.69, 9.17) is 11.6 Å². The van der Waals surface area contributed by atoms with Crippen LogP contribution in [0.15, 0.2) is 59.6 Å². The van der Waals surface area contributed by atoms with Gasteiger partial charge in [0, 0.05) is 17.1 Å². The summed E-state index contributed by atoms with van der Waals surface area (Å²) in [6.07, 6.45) is 1.51. The summed E-state index contributed by atoms with van der Waals surface area (Å²) in [7, 11) is -8.09. The van der Waals surface area contributed by atoms with Gasteiger partial charge >= 0.3 is 0 Å². The zero-order valence-electron chi connectivity index (χ0n) is 13.7. The molecule has 0 saturated carbocycles. The summed E-state index contributed by atoms with van der Waals surface area (Å²) in [4.78, 5) is 5.02. The maximum Gasteiger partial charge on any atom is 0.278 e. The van der Waals surface area contributed by atoms with Gasteiger partial charge < -0.3 is 4.98 Å². The Kier molecular flexibility index (Phi) is 4.98. The van der Waals surface area contributed by atoms with Gasteiger partial charge in [-0.15, -0.1) is 4.83 Å². The van der Waals surface area contributed by atoms with Crippen molar-refractivity contribution < 1.29 is 16.8 Å². The molecule has 0 atom stereocenters. The van der Waals surface area contributed by atoms with Crippen LogP contribution in [0.2, 0.25) is 5.02 Å². The molecule has 0 aliphatic heterocycles. The quantitative estimate of drug-likeness (QED) is 0.607. The number of fused-ring (bicyclic) bond motifs is 1. The van der Waals surface area contributed by atoms with Gasteiger partial charge in [-0.2, -0.15) is 12.8 Å². The molecule has 1 aromatic heterocycles. The summed E-state index contributed by atoms with van der Waals surface area (Å²) >= 11 is 6.19. The summed E-state index contributed by atoms with van der Waals surface area (Å²) < 4.78 is 51.3. The third kappa shape index (κ3) is 3.43. The summed E-state index contributed by atoms with van der Waals surface area (Å²) in [5, 5.41) is 0.673. The molecule has 0 saturated heterocycles. The van der Waals surface area contributed by atoms with E-state index >= 15 is 0 Å². The molecule has 10 heteroatoms. The molecule has 0 spiro atoms. The molecule has 26 heavy (non-hydrogen) atoms. The number of hydrogen-bond donors (Lipinski definition) is 2. The third-order valence-corrected chi connectivity index (χ3v) is 7.01. The molecule has 0 radical (unpaired) electrons. The molecule has 2 N–H and O–H groups in total. The van der Waals surface area contributed by atoms with Crippen molar-refractivity contribution in [2.75, 3.05) is 10.2 Å². The molecule has 1 heterocycles. The maximum absolute atomic E-state index is 13.1. The first-order valence-electron chi connectivity index (χ1n) is 7.62. The smallest absolute Gasteiger partial charge is 0.278 e. The largest absolute Gasteiger partial charge is 0.360 e. The molecule has 0 aliphatic rings. The Hall–Kier alpha value is -2.07. The van der Waals surface area contributed by atoms with Gasteiger partial charge in [-0.25, -0.2) is 8.42 Å². The zero-order valence-corrected chi connectivity index (χ0v) is 16.1. The number of aromatic nitrogens is 1. The lowest BCUT2D eigenvalue weighted by Gasteiger charge is -2.25. The summed E-state index contributed by atoms with van der Waals surface area (Å²) in [5.41, 5.74) is 0.686. The van der Waals surface area contributed by atoms with Crippen molar-refractivity contribution in [3.63, 3.8) is 0 Å². The molecule has 0 fully saturated rings. The highest BCUT2D eigenvalue weighted by Gasteiger charge is 2.30. The first kappa shape index (κ1) is 18.7. The lowest BCUT2D eigenvalue weighted by molar-refractivity contribution is 0.571. The average molecular weight is 414 g/mol. The predicted molar refractivity (Wildman–Crippen MR) is 102 cm³/mol. The van der Waals surface area contributed by atoms with Gasteiger partial charge in [0.25, 0.3) is 10.0 Å². The predicted octanol–water partition coefficient (Wildman–Crippen LogP) is 2.87. The van der Waals surface area contributed by atoms with Gasteiger partial charge in [0.2, 0.25) is 10.0 Å². The molecule has 0 aliphatic carbocycles. The van der Waals surface area contributed by atoms with E-state index < -0.39 is 20.0 Å². The Bertz CT molecular complexity index is 1140. The number of nitrogens with zero attached hydrogens (tertiary/aromatic N) is 1. The highest BCUT2D eigenvalue weighted by molar-refractivity contribution is 7.95. The lowest BCUT2D eigenvalue weighted by atomic mass is 10.2. The van der Waals surface area contributed by atoms with Gasteiger partial charge in [0.05, 0.1) is 21.4 Å². The minimum absolute atomic E-state index is 0.0533. The van der Waals surface area contributed by atoms with E-state index in [9.17, 15) is 16.8 Å². The number of hydrogen-bond acceptors (Lipinski definition) is 4. The Morgan fingerprint density at radius 1 is 1.04 bits per heavy atom. The third-order valence-electron chi connectivity index (χ3n) is 3.74. The van der Waals surface area contributed by atoms with Gasteiger partial charge in [-0.05, 0) is 31.2 Å². The SMILES string of the molecule is CCS(=O)(=O)NN(c1cccc2[nH]cc(Cl)c12)S(=O)(=O)c1ccccc1. The molecule has 0 unspecified atom stereocenters. The number of nitrogens with one attached hydrogen (secondary N) is 2. The minimum Gasteiger partial charge on any atom is -0.360 e. The summed E-state index contributed by atoms with van der Waals surface area (Å²) in [6.45, 7) is 1.42. The van der Waals surface area contributed by atoms with Crippen molar-refractivity contribution in [3.05, 3.63) is 59.8 Å². The van der Waals surface area contributed by atoms with Crippen molar-refractivity contribution in [3.8, 4) is 0 Å². The number of halogens is 1. The molecule has 138 valence electrons. The first-order valence-corrected chi connectivity index (χ1v) is 11.1. The number of benzene rings is 2. The van der Waals surface area contributed by atoms with Crippen LogP contribution in [-0.4, -0.2) is 27.6 Å². The Morgan fingerprint density at radius 3 is 2.38 bits per heavy atom. The van der Waals surface area contributed by atoms with Gasteiger partial charge in [0.15, 0.2) is 0 Å². The van der Waals surface area contributed by atoms with Crippen LogP contribution >= 0.6 is 11.6 Å². The Balaban J connectivity index is 2.27. The fourth-order valence-electron chi connectivity index (χ4n) is 2.41. The number of rotatable bonds is 6. The molecule has 7 nitrogen and oxygen atoms in total. The second kappa shape index (κ2) is 6.92. The zero-order chi connectivity index (χ0) is 18.9. The summed E-state index contributed by atoms with van der Waals surface area (Å²) in [6, 6.07) is 12.4. The van der Waals surface area contributed by atoms with E-state index in [0.29, 0.717) is 15.3 Å². The van der Waals surface area contributed by atoms with Gasteiger partial charge in [-0.3, -0.25) is 0 Å². The monoisotopic (exact) mass is 413 g/mol. The van der Waals surface area contributed by atoms with Crippen LogP contribution in [0.4, 0.5) is 5.69 Å². The average Bonchev–Trinajstić information content (AvgIpc) is 3.02. The molecule has 2 aromatic carbocycles. The molecular formula is C16H16ClN3O4S2. The van der Waals surface area contributed by atoms with Crippen molar-refractivity contribution >= 4 is 48.2 Å². The van der Waals surface area contributed by atoms with Gasteiger partial charge in [0.1, 0.15) is 0 Å². The second-order valence-electron chi connectivity index (χ2n) is 5.41. The van der Waals surface area contributed by atoms with E-state index in [2.05, 4.69) is 9.82 Å². The van der Waals surface area contributed by atoms with E-state index in [1.165, 1.54) is 31.3 Å². The molecular weight excluding hydrogens is 398 g/mol. The Morgan fingerprint density at radius 2 is 1.73 bits per heavy atom. The second-order valence-corrected chi connectivity index (χ2v) is 9.60. The highest BCUT2D eigenvalue weighted by Crippen LogP contribution is 2.34. The van der Waals surface area contributed by atoms with Crippen LogP contribution < -0.4 is 9.25 Å². The van der Waals surface area contributed by atoms with E-state index in [1.54, 1.807) is 30.3 Å². The number of sulfonamides is 2. The van der Waals surface area contributed by atoms with Crippen molar-refractivity contribution in [1.29, 1.82) is 0 Å². The van der Waals surface area contributed by atoms with Crippen LogP contribution in [-0.2, 0) is 20.0 Å². The van der Waals surface area contributed by atoms with Crippen molar-refractivity contribution in [2.24, 2.45) is 0 Å². The van der Waals surface area contributed by atoms with Crippen LogP contribution in [0.25, 0.3) is 10.9 Å². The first-order chi connectivity index (χ1) is 12.3. The maximum atomic E-state index is 13.1. The van der Waals surface area contributed by atoms with E-state index in [-0.39, 0.29) is 21.4 Å². The molecule has 0 amide bonds. The van der Waals surface area contributed by atoms with E-state index in [1.807, 2.05) is 0 Å². The van der Waals surface area contributed by atoms with Crippen LogP contribution in [0.1, 0.15) is 6.92 Å². The fraction of sp³-hybridized carbons (Fsp3) is 0.125. The number of aromatic amines is 1. The Labute approximate surface area is 156 Å². The normalized spacial score (nSPS) is 12.4. The number of H-pyrrole nitrogens is 1. The highest BCUT2D eigenvalue weighted by atomic mass is 35.5. The molecule has 0 bridgehead atoms. The van der Waals surface area contributed by atoms with Gasteiger partial charge in [-0.1, -0.05) is 35.9 Å². The minimum atomic E-state index is -4.21. The lowest BCUT2D eigenvalue weighted by Crippen LogP contribution is -2.47. The summed E-state index contributed by atoms with van der Waals surface area (Å²) in [5.74, 6) is -0.287. The molecule has 3 rings (SSSR count). The number of anilines is 1. The fourth-order valence-corrected chi connectivity index (χ4v) is 5.00. The number of hydrazine groups is 1. The van der Waals surface area contributed by atoms with Crippen LogP contribution in [0.5, 0.6) is 0 Å².